The van der Waals surface area contributed by atoms with Crippen LogP contribution in [-0.2, 0) is 16.0 Å². The predicted octanol–water partition coefficient (Wildman–Crippen LogP) is 5.63. The Bertz CT molecular complexity index is 1150. The second-order valence-electron chi connectivity index (χ2n) is 8.93. The first-order valence-electron chi connectivity index (χ1n) is 11.7. The van der Waals surface area contributed by atoms with Crippen molar-refractivity contribution in [2.45, 2.75) is 58.0 Å². The molecule has 1 saturated carbocycles. The molecule has 1 aromatic heterocycles. The summed E-state index contributed by atoms with van der Waals surface area (Å²) in [7, 11) is 0. The molecule has 6 heteroatoms. The number of anilines is 1. The van der Waals surface area contributed by atoms with E-state index in [0.29, 0.717) is 11.3 Å². The van der Waals surface area contributed by atoms with E-state index >= 15 is 0 Å². The first kappa shape index (κ1) is 23.9. The highest BCUT2D eigenvalue weighted by atomic mass is 32.1. The van der Waals surface area contributed by atoms with Gasteiger partial charge in [-0.1, -0.05) is 60.9 Å². The Labute approximate surface area is 204 Å². The van der Waals surface area contributed by atoms with Crippen LogP contribution in [0.25, 0.3) is 0 Å². The van der Waals surface area contributed by atoms with Crippen molar-refractivity contribution < 1.29 is 14.4 Å². The lowest BCUT2D eigenvalue weighted by Crippen LogP contribution is -2.46. The molecule has 1 atom stereocenters. The maximum absolute atomic E-state index is 13.8. The van der Waals surface area contributed by atoms with Gasteiger partial charge in [-0.3, -0.25) is 19.3 Å². The van der Waals surface area contributed by atoms with Crippen LogP contribution in [0.2, 0.25) is 0 Å². The number of hydrogen-bond acceptors (Lipinski definition) is 4. The van der Waals surface area contributed by atoms with Gasteiger partial charge in [0, 0.05) is 22.2 Å². The van der Waals surface area contributed by atoms with Gasteiger partial charge in [0.2, 0.25) is 11.8 Å². The molecule has 1 aliphatic carbocycles. The number of aryl methyl sites for hydroxylation is 1. The van der Waals surface area contributed by atoms with Crippen LogP contribution < -0.4 is 10.2 Å². The van der Waals surface area contributed by atoms with Crippen LogP contribution in [0, 0.1) is 6.92 Å². The summed E-state index contributed by atoms with van der Waals surface area (Å²) in [6, 6.07) is 17.9. The third kappa shape index (κ3) is 5.62. The zero-order valence-corrected chi connectivity index (χ0v) is 20.4. The Kier molecular flexibility index (Phi) is 7.58. The van der Waals surface area contributed by atoms with E-state index in [4.69, 9.17) is 0 Å². The number of amides is 2. The summed E-state index contributed by atoms with van der Waals surface area (Å²) in [5.41, 5.74) is 2.87. The first-order valence-corrected chi connectivity index (χ1v) is 12.6. The monoisotopic (exact) mass is 474 g/mol. The van der Waals surface area contributed by atoms with E-state index in [1.807, 2.05) is 48.7 Å². The fraction of sp³-hybridized carbons (Fsp3) is 0.321. The van der Waals surface area contributed by atoms with E-state index in [9.17, 15) is 14.4 Å². The van der Waals surface area contributed by atoms with Crippen LogP contribution >= 0.6 is 11.3 Å². The molecule has 0 bridgehead atoms. The van der Waals surface area contributed by atoms with E-state index in [-0.39, 0.29) is 30.1 Å². The minimum absolute atomic E-state index is 0.0881. The molecule has 0 saturated heterocycles. The molecular weight excluding hydrogens is 444 g/mol. The molecule has 1 unspecified atom stereocenters. The number of ketones is 1. The molecule has 0 aliphatic heterocycles. The summed E-state index contributed by atoms with van der Waals surface area (Å²) in [4.78, 5) is 42.1. The van der Waals surface area contributed by atoms with Gasteiger partial charge in [0.25, 0.3) is 0 Å². The van der Waals surface area contributed by atoms with E-state index in [2.05, 4.69) is 5.32 Å². The molecule has 2 aromatic carbocycles. The Morgan fingerprint density at radius 2 is 1.76 bits per heavy atom. The molecule has 1 fully saturated rings. The maximum Gasteiger partial charge on any atom is 0.248 e. The SMILES string of the molecule is CC(=O)c1cccc(N(C(=O)Cc2cccs2)C(C(=O)NC2CCCC2)c2ccc(C)cc2)c1. The largest absolute Gasteiger partial charge is 0.351 e. The number of nitrogens with one attached hydrogen (secondary N) is 1. The minimum Gasteiger partial charge on any atom is -0.351 e. The molecule has 1 N–H and O–H groups in total. The fourth-order valence-electron chi connectivity index (χ4n) is 4.48. The second kappa shape index (κ2) is 10.8. The van der Waals surface area contributed by atoms with E-state index in [1.165, 1.54) is 18.3 Å². The third-order valence-corrected chi connectivity index (χ3v) is 7.18. The number of carbonyl (C=O) groups excluding carboxylic acids is 3. The Morgan fingerprint density at radius 1 is 1.03 bits per heavy atom. The summed E-state index contributed by atoms with van der Waals surface area (Å²) in [5, 5.41) is 5.13. The average Bonchev–Trinajstić information content (AvgIpc) is 3.52. The smallest absolute Gasteiger partial charge is 0.248 e. The Hall–Kier alpha value is -3.25. The predicted molar refractivity (Wildman–Crippen MR) is 136 cm³/mol. The van der Waals surface area contributed by atoms with Crippen LogP contribution in [0.5, 0.6) is 0 Å². The molecule has 34 heavy (non-hydrogen) atoms. The lowest BCUT2D eigenvalue weighted by Gasteiger charge is -2.32. The topological polar surface area (TPSA) is 66.5 Å². The van der Waals surface area contributed by atoms with Crippen LogP contribution in [0.15, 0.2) is 66.0 Å². The van der Waals surface area contributed by atoms with Gasteiger partial charge in [-0.15, -0.1) is 11.3 Å². The van der Waals surface area contributed by atoms with Crippen molar-refractivity contribution in [3.8, 4) is 0 Å². The van der Waals surface area contributed by atoms with Gasteiger partial charge in [-0.25, -0.2) is 0 Å². The highest BCUT2D eigenvalue weighted by Crippen LogP contribution is 2.31. The lowest BCUT2D eigenvalue weighted by atomic mass is 10.00. The molecule has 3 aromatic rings. The van der Waals surface area contributed by atoms with Crippen molar-refractivity contribution in [1.82, 2.24) is 5.32 Å². The van der Waals surface area contributed by atoms with E-state index < -0.39 is 6.04 Å². The van der Waals surface area contributed by atoms with E-state index in [0.717, 1.165) is 41.7 Å². The number of hydrogen-bond donors (Lipinski definition) is 1. The van der Waals surface area contributed by atoms with Gasteiger partial charge in [-0.2, -0.15) is 0 Å². The van der Waals surface area contributed by atoms with E-state index in [1.54, 1.807) is 29.2 Å². The van der Waals surface area contributed by atoms with Gasteiger partial charge < -0.3 is 5.32 Å². The normalized spacial score (nSPS) is 14.5. The molecule has 4 rings (SSSR count). The van der Waals surface area contributed by atoms with Gasteiger partial charge in [0.05, 0.1) is 6.42 Å². The summed E-state index contributed by atoms with van der Waals surface area (Å²) in [6.07, 6.45) is 4.29. The van der Waals surface area contributed by atoms with Crippen molar-refractivity contribution in [3.63, 3.8) is 0 Å². The quantitative estimate of drug-likeness (QED) is 0.430. The number of thiophene rings is 1. The highest BCUT2D eigenvalue weighted by molar-refractivity contribution is 7.10. The van der Waals surface area contributed by atoms with Gasteiger partial charge in [0.15, 0.2) is 5.78 Å². The minimum atomic E-state index is -0.837. The van der Waals surface area contributed by atoms with Crippen molar-refractivity contribution >= 4 is 34.6 Å². The molecule has 0 radical (unpaired) electrons. The lowest BCUT2D eigenvalue weighted by molar-refractivity contribution is -0.127. The van der Waals surface area contributed by atoms with Crippen molar-refractivity contribution in [2.75, 3.05) is 4.90 Å². The fourth-order valence-corrected chi connectivity index (χ4v) is 5.17. The van der Waals surface area contributed by atoms with Crippen LogP contribution in [0.3, 0.4) is 0 Å². The van der Waals surface area contributed by atoms with Gasteiger partial charge in [0.1, 0.15) is 6.04 Å². The molecule has 5 nitrogen and oxygen atoms in total. The number of nitrogens with zero attached hydrogens (tertiary/aromatic N) is 1. The third-order valence-electron chi connectivity index (χ3n) is 6.31. The molecule has 176 valence electrons. The Balaban J connectivity index is 1.79. The summed E-state index contributed by atoms with van der Waals surface area (Å²) >= 11 is 1.51. The van der Waals surface area contributed by atoms with Crippen LogP contribution in [-0.4, -0.2) is 23.6 Å². The number of benzene rings is 2. The Morgan fingerprint density at radius 3 is 2.41 bits per heavy atom. The van der Waals surface area contributed by atoms with Crippen molar-refractivity contribution in [2.24, 2.45) is 0 Å². The number of rotatable bonds is 8. The van der Waals surface area contributed by atoms with Crippen LogP contribution in [0.4, 0.5) is 5.69 Å². The molecule has 2 amide bonds. The zero-order valence-electron chi connectivity index (χ0n) is 19.6. The highest BCUT2D eigenvalue weighted by Gasteiger charge is 2.34. The average molecular weight is 475 g/mol. The standard InChI is InChI=1S/C28H30N2O3S/c1-19-12-14-21(15-13-19)27(28(33)29-23-8-3-4-9-23)30(26(32)18-25-11-6-16-34-25)24-10-5-7-22(17-24)20(2)31/h5-7,10-17,23,27H,3-4,8-9,18H2,1-2H3,(H,29,33). The van der Waals surface area contributed by atoms with Crippen molar-refractivity contribution in [1.29, 1.82) is 0 Å². The van der Waals surface area contributed by atoms with Crippen LogP contribution in [0.1, 0.15) is 65.0 Å². The summed E-state index contributed by atoms with van der Waals surface area (Å²) in [5.74, 6) is -0.464. The molecule has 0 spiro atoms. The second-order valence-corrected chi connectivity index (χ2v) is 9.96. The van der Waals surface area contributed by atoms with Crippen molar-refractivity contribution in [3.05, 3.63) is 87.6 Å². The maximum atomic E-state index is 13.8. The molecule has 1 heterocycles. The first-order chi connectivity index (χ1) is 16.4. The zero-order chi connectivity index (χ0) is 24.1. The molecule has 1 aliphatic rings. The summed E-state index contributed by atoms with van der Waals surface area (Å²) in [6.45, 7) is 3.49. The number of carbonyl (C=O) groups is 3. The number of Topliss-reactive ketones (excluding diaryl/α,β-unsaturated/α-hetero) is 1. The van der Waals surface area contributed by atoms with Gasteiger partial charge in [-0.05, 0) is 55.8 Å². The summed E-state index contributed by atoms with van der Waals surface area (Å²) < 4.78 is 0. The van der Waals surface area contributed by atoms with Gasteiger partial charge >= 0.3 is 0 Å². The molecular formula is C28H30N2O3S.